The number of nitrogens with zero attached hydrogens (tertiary/aromatic N) is 2. The van der Waals surface area contributed by atoms with Crippen LogP contribution in [0.4, 0.5) is 0 Å². The van der Waals surface area contributed by atoms with Crippen molar-refractivity contribution in [2.45, 2.75) is 20.4 Å². The first kappa shape index (κ1) is 11.6. The molecular formula is C12H15N3O2. The quantitative estimate of drug-likeness (QED) is 0.818. The molecule has 0 fully saturated rings. The van der Waals surface area contributed by atoms with E-state index < -0.39 is 0 Å². The van der Waals surface area contributed by atoms with Crippen molar-refractivity contribution in [3.63, 3.8) is 0 Å². The third-order valence-electron chi connectivity index (χ3n) is 2.55. The summed E-state index contributed by atoms with van der Waals surface area (Å²) in [4.78, 5) is 15.2. The van der Waals surface area contributed by atoms with Gasteiger partial charge in [0.05, 0.1) is 0 Å². The van der Waals surface area contributed by atoms with Crippen LogP contribution in [0.2, 0.25) is 0 Å². The van der Waals surface area contributed by atoms with Crippen LogP contribution >= 0.6 is 0 Å². The summed E-state index contributed by atoms with van der Waals surface area (Å²) >= 11 is 0. The van der Waals surface area contributed by atoms with Gasteiger partial charge >= 0.3 is 0 Å². The Morgan fingerprint density at radius 2 is 2.29 bits per heavy atom. The molecule has 2 aromatic rings. The Hall–Kier alpha value is -1.88. The van der Waals surface area contributed by atoms with Crippen molar-refractivity contribution in [3.8, 4) is 0 Å². The van der Waals surface area contributed by atoms with Gasteiger partial charge in [-0.2, -0.15) is 0 Å². The van der Waals surface area contributed by atoms with Crippen LogP contribution in [0, 0.1) is 6.92 Å². The maximum Gasteiger partial charge on any atom is 0.233 e. The van der Waals surface area contributed by atoms with Crippen molar-refractivity contribution >= 4 is 17.0 Å². The number of aromatic nitrogens is 1. The zero-order valence-corrected chi connectivity index (χ0v) is 10.2. The Balaban J connectivity index is 2.11. The van der Waals surface area contributed by atoms with Crippen LogP contribution < -0.4 is 5.43 Å². The monoisotopic (exact) mass is 233 g/mol. The van der Waals surface area contributed by atoms with Crippen molar-refractivity contribution in [2.24, 2.45) is 0 Å². The zero-order valence-electron chi connectivity index (χ0n) is 10.2. The molecule has 1 aromatic carbocycles. The van der Waals surface area contributed by atoms with Crippen LogP contribution in [0.5, 0.6) is 0 Å². The first-order chi connectivity index (χ1) is 8.06. The molecule has 90 valence electrons. The molecule has 0 unspecified atom stereocenters. The van der Waals surface area contributed by atoms with Gasteiger partial charge in [-0.25, -0.2) is 10.4 Å². The van der Waals surface area contributed by atoms with Crippen LogP contribution in [0.15, 0.2) is 22.6 Å². The summed E-state index contributed by atoms with van der Waals surface area (Å²) < 4.78 is 5.44. The average molecular weight is 233 g/mol. The molecule has 0 saturated heterocycles. The van der Waals surface area contributed by atoms with Crippen LogP contribution in [-0.4, -0.2) is 22.9 Å². The lowest BCUT2D eigenvalue weighted by Crippen LogP contribution is -2.37. The van der Waals surface area contributed by atoms with Crippen molar-refractivity contribution in [2.75, 3.05) is 7.05 Å². The van der Waals surface area contributed by atoms with E-state index >= 15 is 0 Å². The van der Waals surface area contributed by atoms with E-state index in [9.17, 15) is 4.79 Å². The predicted octanol–water partition coefficient (Wildman–Crippen LogP) is 1.62. The number of amides is 1. The third kappa shape index (κ3) is 2.62. The number of benzene rings is 1. The Labute approximate surface area is 99.4 Å². The van der Waals surface area contributed by atoms with E-state index in [1.807, 2.05) is 25.1 Å². The largest absolute Gasteiger partial charge is 0.441 e. The smallest absolute Gasteiger partial charge is 0.233 e. The normalized spacial score (nSPS) is 10.8. The van der Waals surface area contributed by atoms with E-state index in [0.29, 0.717) is 12.4 Å². The molecule has 5 nitrogen and oxygen atoms in total. The number of oxazole rings is 1. The van der Waals surface area contributed by atoms with Crippen molar-refractivity contribution < 1.29 is 9.21 Å². The van der Waals surface area contributed by atoms with Crippen LogP contribution in [0.1, 0.15) is 18.4 Å². The molecule has 0 aliphatic rings. The number of fused-ring (bicyclic) bond motifs is 1. The number of hydrazine groups is 1. The Bertz CT molecular complexity index is 548. The number of rotatable bonds is 3. The Morgan fingerprint density at radius 3 is 3.00 bits per heavy atom. The van der Waals surface area contributed by atoms with Gasteiger partial charge in [-0.3, -0.25) is 9.80 Å². The molecule has 5 heteroatoms. The highest BCUT2D eigenvalue weighted by molar-refractivity contribution is 5.73. The van der Waals surface area contributed by atoms with E-state index in [1.165, 1.54) is 11.9 Å². The van der Waals surface area contributed by atoms with Gasteiger partial charge in [-0.1, -0.05) is 6.07 Å². The highest BCUT2D eigenvalue weighted by Crippen LogP contribution is 2.16. The summed E-state index contributed by atoms with van der Waals surface area (Å²) in [6.07, 6.45) is 0. The topological polar surface area (TPSA) is 58.4 Å². The van der Waals surface area contributed by atoms with Gasteiger partial charge in [0.25, 0.3) is 0 Å². The first-order valence-corrected chi connectivity index (χ1v) is 5.40. The summed E-state index contributed by atoms with van der Waals surface area (Å²) in [6, 6.07) is 5.80. The molecule has 1 amide bonds. The zero-order chi connectivity index (χ0) is 12.4. The fourth-order valence-corrected chi connectivity index (χ4v) is 1.52. The molecule has 0 aliphatic carbocycles. The van der Waals surface area contributed by atoms with Gasteiger partial charge < -0.3 is 4.42 Å². The minimum Gasteiger partial charge on any atom is -0.441 e. The molecule has 0 spiro atoms. The summed E-state index contributed by atoms with van der Waals surface area (Å²) in [5.74, 6) is 0.632. The standard InChI is InChI=1S/C12H15N3O2/c1-8-14-11-5-4-10(6-12(11)17-8)7-13-15(3)9(2)16/h4-6,13H,7H2,1-3H3. The Morgan fingerprint density at radius 1 is 1.53 bits per heavy atom. The van der Waals surface area contributed by atoms with E-state index in [1.54, 1.807) is 7.05 Å². The number of carbonyl (C=O) groups is 1. The van der Waals surface area contributed by atoms with Crippen molar-refractivity contribution in [3.05, 3.63) is 29.7 Å². The molecule has 0 saturated carbocycles. The highest BCUT2D eigenvalue weighted by atomic mass is 16.3. The number of hydrogen-bond acceptors (Lipinski definition) is 4. The van der Waals surface area contributed by atoms with Gasteiger partial charge in [-0.05, 0) is 17.7 Å². The number of nitrogens with one attached hydrogen (secondary N) is 1. The molecule has 0 aliphatic heterocycles. The van der Waals surface area contributed by atoms with Gasteiger partial charge in [0.15, 0.2) is 11.5 Å². The molecule has 0 radical (unpaired) electrons. The average Bonchev–Trinajstić information content (AvgIpc) is 2.64. The molecule has 1 heterocycles. The number of carbonyl (C=O) groups excluding carboxylic acids is 1. The Kier molecular flexibility index (Phi) is 3.10. The highest BCUT2D eigenvalue weighted by Gasteiger charge is 2.05. The second-order valence-electron chi connectivity index (χ2n) is 3.95. The lowest BCUT2D eigenvalue weighted by Gasteiger charge is -2.15. The maximum atomic E-state index is 11.0. The lowest BCUT2D eigenvalue weighted by atomic mass is 10.2. The van der Waals surface area contributed by atoms with Gasteiger partial charge in [0, 0.05) is 27.4 Å². The maximum absolute atomic E-state index is 11.0. The summed E-state index contributed by atoms with van der Waals surface area (Å²) in [6.45, 7) is 3.91. The molecular weight excluding hydrogens is 218 g/mol. The van der Waals surface area contributed by atoms with E-state index in [0.717, 1.165) is 16.7 Å². The fraction of sp³-hybridized carbons (Fsp3) is 0.333. The molecule has 2 rings (SSSR count). The molecule has 0 atom stereocenters. The van der Waals surface area contributed by atoms with Crippen molar-refractivity contribution in [1.29, 1.82) is 0 Å². The summed E-state index contributed by atoms with van der Waals surface area (Å²) in [7, 11) is 1.69. The SMILES string of the molecule is CC(=O)N(C)NCc1ccc2nc(C)oc2c1. The van der Waals surface area contributed by atoms with Gasteiger partial charge in [-0.15, -0.1) is 0 Å². The van der Waals surface area contributed by atoms with E-state index in [4.69, 9.17) is 4.42 Å². The minimum atomic E-state index is -0.0263. The van der Waals surface area contributed by atoms with Crippen LogP contribution in [0.25, 0.3) is 11.1 Å². The van der Waals surface area contributed by atoms with E-state index in [-0.39, 0.29) is 5.91 Å². The third-order valence-corrected chi connectivity index (χ3v) is 2.55. The number of aryl methyl sites for hydroxylation is 1. The molecule has 1 N–H and O–H groups in total. The first-order valence-electron chi connectivity index (χ1n) is 5.40. The van der Waals surface area contributed by atoms with Gasteiger partial charge in [0.1, 0.15) is 5.52 Å². The molecule has 1 aromatic heterocycles. The summed E-state index contributed by atoms with van der Waals surface area (Å²) in [5, 5.41) is 1.45. The van der Waals surface area contributed by atoms with E-state index in [2.05, 4.69) is 10.4 Å². The number of hydrogen-bond donors (Lipinski definition) is 1. The van der Waals surface area contributed by atoms with Crippen LogP contribution in [0.3, 0.4) is 0 Å². The molecule has 0 bridgehead atoms. The second-order valence-corrected chi connectivity index (χ2v) is 3.95. The van der Waals surface area contributed by atoms with Crippen molar-refractivity contribution in [1.82, 2.24) is 15.4 Å². The predicted molar refractivity (Wildman–Crippen MR) is 64.0 cm³/mol. The lowest BCUT2D eigenvalue weighted by molar-refractivity contribution is -0.130. The summed E-state index contributed by atoms with van der Waals surface area (Å²) in [5.41, 5.74) is 5.66. The van der Waals surface area contributed by atoms with Gasteiger partial charge in [0.2, 0.25) is 5.91 Å². The second kappa shape index (κ2) is 4.55. The van der Waals surface area contributed by atoms with Crippen LogP contribution in [-0.2, 0) is 11.3 Å². The molecule has 17 heavy (non-hydrogen) atoms. The fourth-order valence-electron chi connectivity index (χ4n) is 1.52. The minimum absolute atomic E-state index is 0.0263.